The fourth-order valence-corrected chi connectivity index (χ4v) is 8.70. The van der Waals surface area contributed by atoms with Crippen molar-refractivity contribution in [2.75, 3.05) is 0 Å². The second kappa shape index (κ2) is 6.96. The van der Waals surface area contributed by atoms with E-state index in [1.165, 1.54) is 0 Å². The molecule has 32 heavy (non-hydrogen) atoms. The summed E-state index contributed by atoms with van der Waals surface area (Å²) in [5.41, 5.74) is -1.60. The first-order valence-electron chi connectivity index (χ1n) is 12.9. The Balaban J connectivity index is 1.16. The quantitative estimate of drug-likeness (QED) is 0.362. The molecule has 0 aromatic heterocycles. The first kappa shape index (κ1) is 21.0. The van der Waals surface area contributed by atoms with E-state index in [4.69, 9.17) is 14.2 Å². The number of hydrogen-bond donors (Lipinski definition) is 0. The Morgan fingerprint density at radius 3 is 2.47 bits per heavy atom. The number of carbonyl (C=O) groups is 3. The van der Waals surface area contributed by atoms with Crippen LogP contribution in [-0.4, -0.2) is 35.7 Å². The average Bonchev–Trinajstić information content (AvgIpc) is 3.58. The maximum atomic E-state index is 13.4. The van der Waals surface area contributed by atoms with Crippen LogP contribution in [0.3, 0.4) is 0 Å². The number of ether oxygens (including phenoxy) is 3. The summed E-state index contributed by atoms with van der Waals surface area (Å²) < 4.78 is 17.9. The van der Waals surface area contributed by atoms with Gasteiger partial charge in [-0.3, -0.25) is 14.4 Å². The lowest BCUT2D eigenvalue weighted by molar-refractivity contribution is -0.178. The molecule has 0 aromatic carbocycles. The molecular weight excluding hydrogens is 408 g/mol. The molecule has 6 rings (SSSR count). The van der Waals surface area contributed by atoms with Crippen LogP contribution < -0.4 is 0 Å². The number of carbonyl (C=O) groups excluding carboxylic acids is 3. The van der Waals surface area contributed by atoms with Crippen LogP contribution in [0.25, 0.3) is 0 Å². The van der Waals surface area contributed by atoms with E-state index in [-0.39, 0.29) is 29.7 Å². The normalized spacial score (nSPS) is 49.5. The summed E-state index contributed by atoms with van der Waals surface area (Å²) in [7, 11) is 0. The third-order valence-corrected chi connectivity index (χ3v) is 10.9. The lowest BCUT2D eigenvalue weighted by Crippen LogP contribution is -2.48. The van der Waals surface area contributed by atoms with Gasteiger partial charge in [-0.05, 0) is 81.5 Å². The Morgan fingerprint density at radius 2 is 1.81 bits per heavy atom. The van der Waals surface area contributed by atoms with Crippen molar-refractivity contribution in [1.29, 1.82) is 0 Å². The van der Waals surface area contributed by atoms with Crippen molar-refractivity contribution >= 4 is 17.9 Å². The van der Waals surface area contributed by atoms with Gasteiger partial charge in [-0.25, -0.2) is 0 Å². The van der Waals surface area contributed by atoms with Crippen molar-refractivity contribution in [2.45, 2.75) is 96.4 Å². The molecule has 1 aliphatic heterocycles. The molecule has 1 heterocycles. The van der Waals surface area contributed by atoms with Crippen molar-refractivity contribution in [3.05, 3.63) is 0 Å². The Kier molecular flexibility index (Phi) is 4.56. The van der Waals surface area contributed by atoms with Crippen LogP contribution in [-0.2, 0) is 28.6 Å². The SMILES string of the molecule is CCC1(OC(=O)C23CC4CC2C(OC3=O)C4OC(=O)C2CC3CC2C(C)C3C)CCCC1. The Hall–Kier alpha value is -1.59. The van der Waals surface area contributed by atoms with Crippen molar-refractivity contribution < 1.29 is 28.6 Å². The first-order valence-corrected chi connectivity index (χ1v) is 12.9. The molecular formula is C26H36O6. The summed E-state index contributed by atoms with van der Waals surface area (Å²) in [6, 6.07) is 0. The van der Waals surface area contributed by atoms with Crippen LogP contribution >= 0.6 is 0 Å². The van der Waals surface area contributed by atoms with Crippen molar-refractivity contribution in [3.63, 3.8) is 0 Å². The van der Waals surface area contributed by atoms with Gasteiger partial charge in [0.1, 0.15) is 17.8 Å². The van der Waals surface area contributed by atoms with Gasteiger partial charge in [0.2, 0.25) is 0 Å². The highest BCUT2D eigenvalue weighted by Gasteiger charge is 2.76. The van der Waals surface area contributed by atoms with Crippen LogP contribution in [0.1, 0.15) is 78.6 Å². The molecule has 6 heteroatoms. The largest absolute Gasteiger partial charge is 0.458 e. The van der Waals surface area contributed by atoms with Gasteiger partial charge in [-0.15, -0.1) is 0 Å². The maximum absolute atomic E-state index is 13.4. The first-order chi connectivity index (χ1) is 15.3. The molecule has 6 nitrogen and oxygen atoms in total. The van der Waals surface area contributed by atoms with Gasteiger partial charge < -0.3 is 14.2 Å². The lowest BCUT2D eigenvalue weighted by Gasteiger charge is -2.36. The van der Waals surface area contributed by atoms with Gasteiger partial charge in [0.25, 0.3) is 0 Å². The minimum atomic E-state index is -1.18. The molecule has 176 valence electrons. The Bertz CT molecular complexity index is 843. The van der Waals surface area contributed by atoms with Gasteiger partial charge in [-0.1, -0.05) is 20.8 Å². The summed E-state index contributed by atoms with van der Waals surface area (Å²) in [5.74, 6) is 1.08. The minimum absolute atomic E-state index is 0.00374. The zero-order chi connectivity index (χ0) is 22.4. The molecule has 0 aromatic rings. The summed E-state index contributed by atoms with van der Waals surface area (Å²) in [6.07, 6.45) is 6.91. The van der Waals surface area contributed by atoms with E-state index in [0.29, 0.717) is 36.5 Å². The standard InChI is InChI=1S/C26H36O6/c1-4-25(7-5-6-8-25)32-24(29)26-12-16-11-19(26)21(31-23(26)28)20(16)30-22(27)18-10-15-9-17(18)14(3)13(15)2/h13-21H,4-12H2,1-3H3. The number of hydrogen-bond acceptors (Lipinski definition) is 6. The van der Waals surface area contributed by atoms with Crippen LogP contribution in [0.5, 0.6) is 0 Å². The number of fused-ring (bicyclic) bond motifs is 3. The minimum Gasteiger partial charge on any atom is -0.458 e. The Morgan fingerprint density at radius 1 is 1.06 bits per heavy atom. The van der Waals surface area contributed by atoms with Gasteiger partial charge in [0, 0.05) is 11.8 Å². The molecule has 5 saturated carbocycles. The molecule has 0 N–H and O–H groups in total. The van der Waals surface area contributed by atoms with Gasteiger partial charge in [0.05, 0.1) is 5.92 Å². The molecule has 1 saturated heterocycles. The van der Waals surface area contributed by atoms with Crippen molar-refractivity contribution in [2.24, 2.45) is 46.8 Å². The molecule has 10 atom stereocenters. The fraction of sp³-hybridized carbons (Fsp3) is 0.885. The van der Waals surface area contributed by atoms with Crippen LogP contribution in [0, 0.1) is 46.8 Å². The molecule has 4 bridgehead atoms. The molecule has 0 amide bonds. The fourth-order valence-electron chi connectivity index (χ4n) is 8.70. The Labute approximate surface area is 190 Å². The predicted molar refractivity (Wildman–Crippen MR) is 114 cm³/mol. The summed E-state index contributed by atoms with van der Waals surface area (Å²) in [6.45, 7) is 6.62. The molecule has 6 fully saturated rings. The predicted octanol–water partition coefficient (Wildman–Crippen LogP) is 4.04. The van der Waals surface area contributed by atoms with E-state index in [1.807, 2.05) is 0 Å². The molecule has 0 radical (unpaired) electrons. The van der Waals surface area contributed by atoms with Crippen molar-refractivity contribution in [3.8, 4) is 0 Å². The topological polar surface area (TPSA) is 78.9 Å². The highest BCUT2D eigenvalue weighted by molar-refractivity contribution is 6.03. The second-order valence-electron chi connectivity index (χ2n) is 11.9. The molecule has 6 aliphatic rings. The molecule has 5 aliphatic carbocycles. The molecule has 10 unspecified atom stereocenters. The zero-order valence-corrected chi connectivity index (χ0v) is 19.5. The van der Waals surface area contributed by atoms with Gasteiger partial charge in [0.15, 0.2) is 5.41 Å². The third-order valence-electron chi connectivity index (χ3n) is 10.9. The van der Waals surface area contributed by atoms with Crippen molar-refractivity contribution in [1.82, 2.24) is 0 Å². The van der Waals surface area contributed by atoms with Crippen LogP contribution in [0.2, 0.25) is 0 Å². The average molecular weight is 445 g/mol. The van der Waals surface area contributed by atoms with E-state index in [2.05, 4.69) is 20.8 Å². The van der Waals surface area contributed by atoms with Gasteiger partial charge in [-0.2, -0.15) is 0 Å². The summed E-state index contributed by atoms with van der Waals surface area (Å²) in [4.78, 5) is 39.6. The highest BCUT2D eigenvalue weighted by Crippen LogP contribution is 2.64. The number of esters is 3. The monoisotopic (exact) mass is 444 g/mol. The summed E-state index contributed by atoms with van der Waals surface area (Å²) >= 11 is 0. The van der Waals surface area contributed by atoms with E-state index >= 15 is 0 Å². The number of rotatable bonds is 5. The van der Waals surface area contributed by atoms with Crippen LogP contribution in [0.15, 0.2) is 0 Å². The van der Waals surface area contributed by atoms with E-state index in [1.54, 1.807) is 0 Å². The van der Waals surface area contributed by atoms with E-state index in [0.717, 1.165) is 44.9 Å². The maximum Gasteiger partial charge on any atom is 0.324 e. The summed E-state index contributed by atoms with van der Waals surface area (Å²) in [5, 5.41) is 0. The second-order valence-corrected chi connectivity index (χ2v) is 11.9. The van der Waals surface area contributed by atoms with E-state index < -0.39 is 29.2 Å². The lowest BCUT2D eigenvalue weighted by atomic mass is 9.73. The molecule has 0 spiro atoms. The highest BCUT2D eigenvalue weighted by atomic mass is 16.6. The van der Waals surface area contributed by atoms with Crippen LogP contribution in [0.4, 0.5) is 0 Å². The smallest absolute Gasteiger partial charge is 0.324 e. The third kappa shape index (κ3) is 2.61. The zero-order valence-electron chi connectivity index (χ0n) is 19.5. The van der Waals surface area contributed by atoms with E-state index in [9.17, 15) is 14.4 Å². The van der Waals surface area contributed by atoms with Gasteiger partial charge >= 0.3 is 17.9 Å².